The van der Waals surface area contributed by atoms with Crippen molar-refractivity contribution in [1.82, 2.24) is 0 Å². The molecule has 146 valence electrons. The minimum absolute atomic E-state index is 0.285. The lowest BCUT2D eigenvalue weighted by Crippen LogP contribution is -2.11. The highest BCUT2D eigenvalue weighted by molar-refractivity contribution is 5.57. The van der Waals surface area contributed by atoms with Crippen LogP contribution in [0.25, 0.3) is 0 Å². The first-order valence-electron chi connectivity index (χ1n) is 10.0. The SMILES string of the molecule is Cc1c(C)c(C)c(Cc2c(C)c(C)c(OCC3CO3)c(C)c2C)c(C)c1C. The van der Waals surface area contributed by atoms with E-state index in [4.69, 9.17) is 9.47 Å². The number of epoxide rings is 1. The van der Waals surface area contributed by atoms with E-state index in [1.165, 1.54) is 61.2 Å². The van der Waals surface area contributed by atoms with Crippen molar-refractivity contribution in [1.29, 1.82) is 0 Å². The maximum Gasteiger partial charge on any atom is 0.125 e. The molecule has 1 saturated heterocycles. The van der Waals surface area contributed by atoms with Gasteiger partial charge in [0.15, 0.2) is 0 Å². The Labute approximate surface area is 164 Å². The lowest BCUT2D eigenvalue weighted by atomic mass is 9.83. The van der Waals surface area contributed by atoms with E-state index < -0.39 is 0 Å². The molecule has 2 nitrogen and oxygen atoms in total. The number of benzene rings is 2. The van der Waals surface area contributed by atoms with Gasteiger partial charge in [-0.3, -0.25) is 0 Å². The number of rotatable bonds is 5. The van der Waals surface area contributed by atoms with Crippen LogP contribution in [0, 0.1) is 62.3 Å². The van der Waals surface area contributed by atoms with E-state index in [1.807, 2.05) is 0 Å². The molecule has 0 spiro atoms. The summed E-state index contributed by atoms with van der Waals surface area (Å²) in [6, 6.07) is 0. The van der Waals surface area contributed by atoms with Gasteiger partial charge >= 0.3 is 0 Å². The van der Waals surface area contributed by atoms with Crippen molar-refractivity contribution in [2.24, 2.45) is 0 Å². The molecule has 27 heavy (non-hydrogen) atoms. The summed E-state index contributed by atoms with van der Waals surface area (Å²) in [7, 11) is 0. The molecule has 2 aromatic rings. The Balaban J connectivity index is 2.06. The Morgan fingerprint density at radius 1 is 0.630 bits per heavy atom. The van der Waals surface area contributed by atoms with E-state index in [1.54, 1.807) is 0 Å². The zero-order valence-corrected chi connectivity index (χ0v) is 18.5. The Bertz CT molecular complexity index is 844. The van der Waals surface area contributed by atoms with E-state index in [-0.39, 0.29) is 6.10 Å². The van der Waals surface area contributed by atoms with Crippen molar-refractivity contribution in [3.63, 3.8) is 0 Å². The maximum absolute atomic E-state index is 6.13. The number of ether oxygens (including phenoxy) is 2. The van der Waals surface area contributed by atoms with Crippen molar-refractivity contribution in [3.05, 3.63) is 61.2 Å². The van der Waals surface area contributed by atoms with E-state index >= 15 is 0 Å². The average molecular weight is 367 g/mol. The van der Waals surface area contributed by atoms with Crippen molar-refractivity contribution in [2.75, 3.05) is 13.2 Å². The van der Waals surface area contributed by atoms with Crippen LogP contribution in [0.5, 0.6) is 5.75 Å². The van der Waals surface area contributed by atoms with Crippen molar-refractivity contribution in [3.8, 4) is 5.75 Å². The van der Waals surface area contributed by atoms with Gasteiger partial charge in [0.25, 0.3) is 0 Å². The molecule has 0 bridgehead atoms. The van der Waals surface area contributed by atoms with Gasteiger partial charge in [0.05, 0.1) is 6.61 Å². The average Bonchev–Trinajstić information content (AvgIpc) is 3.47. The molecule has 3 rings (SSSR count). The summed E-state index contributed by atoms with van der Waals surface area (Å²) in [6.07, 6.45) is 1.28. The minimum Gasteiger partial charge on any atom is -0.490 e. The molecular weight excluding hydrogens is 332 g/mol. The summed E-state index contributed by atoms with van der Waals surface area (Å²) in [5.74, 6) is 1.05. The molecule has 1 aliphatic rings. The topological polar surface area (TPSA) is 21.8 Å². The minimum atomic E-state index is 0.285. The molecule has 1 heterocycles. The standard InChI is InChI=1S/C25H34O2/c1-13-14(2)16(4)23(17(5)15(13)3)10-24-18(6)20(8)25(21(9)19(24)7)27-12-22-11-26-22/h22H,10-12H2,1-9H3. The molecule has 2 aromatic carbocycles. The smallest absolute Gasteiger partial charge is 0.125 e. The van der Waals surface area contributed by atoms with Gasteiger partial charge in [-0.05, 0) is 130 Å². The molecule has 0 radical (unpaired) electrons. The third-order valence-electron chi connectivity index (χ3n) is 7.04. The predicted octanol–water partition coefficient (Wildman–Crippen LogP) is 5.83. The first-order valence-corrected chi connectivity index (χ1v) is 10.0. The van der Waals surface area contributed by atoms with Crippen LogP contribution >= 0.6 is 0 Å². The van der Waals surface area contributed by atoms with Crippen molar-refractivity contribution in [2.45, 2.75) is 74.8 Å². The van der Waals surface area contributed by atoms with Crippen LogP contribution in [0.3, 0.4) is 0 Å². The van der Waals surface area contributed by atoms with Gasteiger partial charge in [0, 0.05) is 0 Å². The van der Waals surface area contributed by atoms with Crippen LogP contribution < -0.4 is 4.74 Å². The second-order valence-corrected chi connectivity index (χ2v) is 8.35. The van der Waals surface area contributed by atoms with Crippen LogP contribution in [-0.2, 0) is 11.2 Å². The van der Waals surface area contributed by atoms with Gasteiger partial charge in [-0.15, -0.1) is 0 Å². The maximum atomic E-state index is 6.13. The summed E-state index contributed by atoms with van der Waals surface area (Å²) < 4.78 is 11.4. The molecular formula is C25H34O2. The third-order valence-corrected chi connectivity index (χ3v) is 7.04. The van der Waals surface area contributed by atoms with Crippen LogP contribution in [0.15, 0.2) is 0 Å². The Kier molecular flexibility index (Phi) is 5.40. The van der Waals surface area contributed by atoms with E-state index in [0.717, 1.165) is 18.8 Å². The van der Waals surface area contributed by atoms with Crippen molar-refractivity contribution < 1.29 is 9.47 Å². The van der Waals surface area contributed by atoms with Crippen LogP contribution in [0.2, 0.25) is 0 Å². The molecule has 0 amide bonds. The molecule has 1 fully saturated rings. The van der Waals surface area contributed by atoms with Crippen molar-refractivity contribution >= 4 is 0 Å². The first kappa shape index (κ1) is 19.9. The van der Waals surface area contributed by atoms with E-state index in [0.29, 0.717) is 6.61 Å². The van der Waals surface area contributed by atoms with E-state index in [2.05, 4.69) is 62.3 Å². The molecule has 0 saturated carbocycles. The summed E-state index contributed by atoms with van der Waals surface area (Å²) >= 11 is 0. The normalized spacial score (nSPS) is 16.0. The molecule has 1 aliphatic heterocycles. The summed E-state index contributed by atoms with van der Waals surface area (Å²) in [5.41, 5.74) is 15.4. The van der Waals surface area contributed by atoms with E-state index in [9.17, 15) is 0 Å². The fourth-order valence-electron chi connectivity index (χ4n) is 4.20. The van der Waals surface area contributed by atoms with Gasteiger partial charge < -0.3 is 9.47 Å². The van der Waals surface area contributed by atoms with Gasteiger partial charge in [-0.1, -0.05) is 0 Å². The number of hydrogen-bond donors (Lipinski definition) is 0. The molecule has 1 atom stereocenters. The second-order valence-electron chi connectivity index (χ2n) is 8.35. The summed E-state index contributed by atoms with van der Waals surface area (Å²) in [6.45, 7) is 21.7. The lowest BCUT2D eigenvalue weighted by molar-refractivity contribution is 0.260. The number of hydrogen-bond acceptors (Lipinski definition) is 2. The zero-order chi connectivity index (χ0) is 20.0. The van der Waals surface area contributed by atoms with Crippen LogP contribution in [-0.4, -0.2) is 19.3 Å². The molecule has 0 aliphatic carbocycles. The lowest BCUT2D eigenvalue weighted by Gasteiger charge is -2.24. The highest BCUT2D eigenvalue weighted by Crippen LogP contribution is 2.36. The van der Waals surface area contributed by atoms with Gasteiger partial charge in [-0.2, -0.15) is 0 Å². The van der Waals surface area contributed by atoms with Gasteiger partial charge in [0.2, 0.25) is 0 Å². The van der Waals surface area contributed by atoms with Crippen LogP contribution in [0.4, 0.5) is 0 Å². The Morgan fingerprint density at radius 3 is 1.41 bits per heavy atom. The van der Waals surface area contributed by atoms with Gasteiger partial charge in [0.1, 0.15) is 18.5 Å². The molecule has 2 heteroatoms. The molecule has 1 unspecified atom stereocenters. The van der Waals surface area contributed by atoms with Crippen LogP contribution in [0.1, 0.15) is 61.2 Å². The quantitative estimate of drug-likeness (QED) is 0.621. The summed E-state index contributed by atoms with van der Waals surface area (Å²) in [5, 5.41) is 0. The highest BCUT2D eigenvalue weighted by Gasteiger charge is 2.25. The third kappa shape index (κ3) is 3.52. The highest BCUT2D eigenvalue weighted by atomic mass is 16.6. The fourth-order valence-corrected chi connectivity index (χ4v) is 4.20. The summed E-state index contributed by atoms with van der Waals surface area (Å²) in [4.78, 5) is 0. The monoisotopic (exact) mass is 366 g/mol. The first-order chi connectivity index (χ1) is 12.6. The van der Waals surface area contributed by atoms with Gasteiger partial charge in [-0.25, -0.2) is 0 Å². The largest absolute Gasteiger partial charge is 0.490 e. The Morgan fingerprint density at radius 2 is 1.00 bits per heavy atom. The molecule has 0 N–H and O–H groups in total. The zero-order valence-electron chi connectivity index (χ0n) is 18.5. The molecule has 0 aromatic heterocycles. The second kappa shape index (κ2) is 7.31. The Hall–Kier alpha value is -1.80. The predicted molar refractivity (Wildman–Crippen MR) is 114 cm³/mol. The fraction of sp³-hybridized carbons (Fsp3) is 0.520.